The average Bonchev–Trinajstić information content (AvgIpc) is 2.91. The molecule has 0 fully saturated rings. The maximum absolute atomic E-state index is 12.1. The summed E-state index contributed by atoms with van der Waals surface area (Å²) in [5, 5.41) is 2.93. The minimum atomic E-state index is -0.152. The summed E-state index contributed by atoms with van der Waals surface area (Å²) in [6.07, 6.45) is 5.29. The number of amides is 1. The molecule has 0 aliphatic heterocycles. The molecule has 1 unspecified atom stereocenters. The van der Waals surface area contributed by atoms with Gasteiger partial charge in [0.1, 0.15) is 0 Å². The van der Waals surface area contributed by atoms with Crippen LogP contribution in [0.15, 0.2) is 43.0 Å². The van der Waals surface area contributed by atoms with E-state index in [-0.39, 0.29) is 11.9 Å². The van der Waals surface area contributed by atoms with Crippen molar-refractivity contribution < 1.29 is 4.79 Å². The van der Waals surface area contributed by atoms with Gasteiger partial charge in [0.25, 0.3) is 5.91 Å². The van der Waals surface area contributed by atoms with Gasteiger partial charge in [0, 0.05) is 25.0 Å². The molecule has 1 aromatic heterocycles. The highest BCUT2D eigenvalue weighted by molar-refractivity contribution is 5.99. The number of nitrogens with zero attached hydrogens (tertiary/aromatic N) is 2. The fourth-order valence-corrected chi connectivity index (χ4v) is 1.87. The average molecular weight is 259 g/mol. The number of anilines is 1. The normalized spacial score (nSPS) is 11.9. The molecule has 1 atom stereocenters. The van der Waals surface area contributed by atoms with E-state index < -0.39 is 0 Å². The highest BCUT2D eigenvalue weighted by atomic mass is 16.1. The van der Waals surface area contributed by atoms with Crippen LogP contribution in [0.5, 0.6) is 0 Å². The number of hydrazine groups is 1. The molecule has 0 aliphatic carbocycles. The van der Waals surface area contributed by atoms with Crippen LogP contribution in [0.4, 0.5) is 5.69 Å². The number of para-hydroxylation sites is 1. The van der Waals surface area contributed by atoms with Gasteiger partial charge in [-0.2, -0.15) is 0 Å². The molecule has 2 rings (SSSR count). The molecule has 0 bridgehead atoms. The van der Waals surface area contributed by atoms with E-state index in [9.17, 15) is 4.79 Å². The summed E-state index contributed by atoms with van der Waals surface area (Å²) in [5.74, 6) is 5.23. The van der Waals surface area contributed by atoms with Gasteiger partial charge in [-0.25, -0.2) is 4.98 Å². The van der Waals surface area contributed by atoms with Crippen LogP contribution in [0.1, 0.15) is 17.3 Å². The van der Waals surface area contributed by atoms with Crippen molar-refractivity contribution >= 4 is 11.6 Å². The lowest BCUT2D eigenvalue weighted by molar-refractivity contribution is 0.0937. The van der Waals surface area contributed by atoms with E-state index in [2.05, 4.69) is 15.7 Å². The molecule has 1 aromatic carbocycles. The third-order valence-corrected chi connectivity index (χ3v) is 2.75. The zero-order chi connectivity index (χ0) is 13.7. The highest BCUT2D eigenvalue weighted by Gasteiger charge is 2.13. The predicted molar refractivity (Wildman–Crippen MR) is 73.4 cm³/mol. The van der Waals surface area contributed by atoms with Crippen LogP contribution in [-0.4, -0.2) is 21.5 Å². The molecule has 1 heterocycles. The topological polar surface area (TPSA) is 85.0 Å². The Hall–Kier alpha value is -2.34. The van der Waals surface area contributed by atoms with Gasteiger partial charge in [-0.15, -0.1) is 0 Å². The SMILES string of the molecule is CC(Cn1ccnc1)NC(=O)c1ccccc1NN. The molecule has 0 spiro atoms. The zero-order valence-corrected chi connectivity index (χ0v) is 10.7. The van der Waals surface area contributed by atoms with E-state index in [1.165, 1.54) is 0 Å². The monoisotopic (exact) mass is 259 g/mol. The Bertz CT molecular complexity index is 538. The maximum atomic E-state index is 12.1. The summed E-state index contributed by atoms with van der Waals surface area (Å²) in [4.78, 5) is 16.1. The van der Waals surface area contributed by atoms with Gasteiger partial charge in [0.15, 0.2) is 0 Å². The van der Waals surface area contributed by atoms with E-state index >= 15 is 0 Å². The van der Waals surface area contributed by atoms with Crippen LogP contribution < -0.4 is 16.6 Å². The van der Waals surface area contributed by atoms with E-state index in [0.29, 0.717) is 17.8 Å². The Morgan fingerprint density at radius 1 is 1.47 bits per heavy atom. The number of aromatic nitrogens is 2. The minimum absolute atomic E-state index is 0.00692. The van der Waals surface area contributed by atoms with Gasteiger partial charge in [0.05, 0.1) is 17.6 Å². The first-order valence-electron chi connectivity index (χ1n) is 6.03. The molecule has 100 valence electrons. The van der Waals surface area contributed by atoms with Gasteiger partial charge < -0.3 is 15.3 Å². The Labute approximate surface area is 111 Å². The van der Waals surface area contributed by atoms with Crippen molar-refractivity contribution in [2.75, 3.05) is 5.43 Å². The number of carbonyl (C=O) groups is 1. The van der Waals surface area contributed by atoms with Crippen molar-refractivity contribution in [1.82, 2.24) is 14.9 Å². The Balaban J connectivity index is 2.00. The quantitative estimate of drug-likeness (QED) is 0.552. The number of rotatable bonds is 5. The van der Waals surface area contributed by atoms with Crippen molar-refractivity contribution in [3.8, 4) is 0 Å². The second-order valence-electron chi connectivity index (χ2n) is 4.32. The van der Waals surface area contributed by atoms with Gasteiger partial charge in [-0.1, -0.05) is 12.1 Å². The molecule has 19 heavy (non-hydrogen) atoms. The molecule has 0 saturated heterocycles. The maximum Gasteiger partial charge on any atom is 0.253 e. The second-order valence-corrected chi connectivity index (χ2v) is 4.32. The Kier molecular flexibility index (Phi) is 4.15. The van der Waals surface area contributed by atoms with E-state index in [1.807, 2.05) is 23.8 Å². The van der Waals surface area contributed by atoms with Crippen LogP contribution >= 0.6 is 0 Å². The number of nitrogen functional groups attached to an aromatic ring is 1. The smallest absolute Gasteiger partial charge is 0.253 e. The molecule has 0 saturated carbocycles. The van der Waals surface area contributed by atoms with Crippen LogP contribution in [0.2, 0.25) is 0 Å². The van der Waals surface area contributed by atoms with Crippen molar-refractivity contribution in [3.05, 3.63) is 48.5 Å². The van der Waals surface area contributed by atoms with Gasteiger partial charge in [-0.05, 0) is 19.1 Å². The lowest BCUT2D eigenvalue weighted by atomic mass is 10.1. The summed E-state index contributed by atoms with van der Waals surface area (Å²) in [6.45, 7) is 2.61. The first kappa shape index (κ1) is 13.1. The van der Waals surface area contributed by atoms with Gasteiger partial charge in [0.2, 0.25) is 0 Å². The van der Waals surface area contributed by atoms with Crippen LogP contribution in [0.25, 0.3) is 0 Å². The highest BCUT2D eigenvalue weighted by Crippen LogP contribution is 2.13. The third-order valence-electron chi connectivity index (χ3n) is 2.75. The summed E-state index contributed by atoms with van der Waals surface area (Å²) in [5.41, 5.74) is 3.66. The first-order valence-corrected chi connectivity index (χ1v) is 6.03. The number of nitrogens with two attached hydrogens (primary N) is 1. The minimum Gasteiger partial charge on any atom is -0.348 e. The predicted octanol–water partition coefficient (Wildman–Crippen LogP) is 0.987. The first-order chi connectivity index (χ1) is 9.20. The van der Waals surface area contributed by atoms with E-state index in [4.69, 9.17) is 5.84 Å². The molecule has 2 aromatic rings. The number of imidazole rings is 1. The fourth-order valence-electron chi connectivity index (χ4n) is 1.87. The molecule has 1 amide bonds. The lowest BCUT2D eigenvalue weighted by Gasteiger charge is -2.15. The van der Waals surface area contributed by atoms with Gasteiger partial charge in [-0.3, -0.25) is 10.6 Å². The lowest BCUT2D eigenvalue weighted by Crippen LogP contribution is -2.36. The number of carbonyl (C=O) groups excluding carboxylic acids is 1. The molecular weight excluding hydrogens is 242 g/mol. The van der Waals surface area contributed by atoms with E-state index in [0.717, 1.165) is 0 Å². The Morgan fingerprint density at radius 3 is 2.95 bits per heavy atom. The van der Waals surface area contributed by atoms with Crippen molar-refractivity contribution in [1.29, 1.82) is 0 Å². The number of benzene rings is 1. The molecule has 6 heteroatoms. The zero-order valence-electron chi connectivity index (χ0n) is 10.7. The van der Waals surface area contributed by atoms with Crippen molar-refractivity contribution in [3.63, 3.8) is 0 Å². The molecular formula is C13H17N5O. The molecule has 4 N–H and O–H groups in total. The van der Waals surface area contributed by atoms with E-state index in [1.54, 1.807) is 30.7 Å². The largest absolute Gasteiger partial charge is 0.348 e. The van der Waals surface area contributed by atoms with Crippen LogP contribution in [0, 0.1) is 0 Å². The molecule has 6 nitrogen and oxygen atoms in total. The number of hydrogen-bond donors (Lipinski definition) is 3. The molecule has 0 radical (unpaired) electrons. The standard InChI is InChI=1S/C13H17N5O/c1-10(8-18-7-6-15-9-18)16-13(19)11-4-2-3-5-12(11)17-14/h2-7,9-10,17H,8,14H2,1H3,(H,16,19). The number of hydrogen-bond acceptors (Lipinski definition) is 4. The second kappa shape index (κ2) is 6.01. The van der Waals surface area contributed by atoms with Crippen molar-refractivity contribution in [2.24, 2.45) is 5.84 Å². The molecule has 0 aliphatic rings. The summed E-state index contributed by atoms with van der Waals surface area (Å²) < 4.78 is 1.91. The van der Waals surface area contributed by atoms with Gasteiger partial charge >= 0.3 is 0 Å². The fraction of sp³-hybridized carbons (Fsp3) is 0.231. The summed E-state index contributed by atoms with van der Waals surface area (Å²) in [7, 11) is 0. The third kappa shape index (κ3) is 3.32. The van der Waals surface area contributed by atoms with Crippen LogP contribution in [0.3, 0.4) is 0 Å². The Morgan fingerprint density at radius 2 is 2.26 bits per heavy atom. The summed E-state index contributed by atoms with van der Waals surface area (Å²) >= 11 is 0. The summed E-state index contributed by atoms with van der Waals surface area (Å²) in [6, 6.07) is 7.11. The number of nitrogens with one attached hydrogen (secondary N) is 2. The van der Waals surface area contributed by atoms with Crippen molar-refractivity contribution in [2.45, 2.75) is 19.5 Å². The van der Waals surface area contributed by atoms with Crippen LogP contribution in [-0.2, 0) is 6.54 Å².